The number of ether oxygens (including phenoxy) is 2. The van der Waals surface area contributed by atoms with Crippen LogP contribution in [0.25, 0.3) is 15.5 Å². The number of nitrogens with one attached hydrogen (secondary N) is 1. The molecule has 8 heteroatoms. The number of para-hydroxylation sites is 1. The van der Waals surface area contributed by atoms with E-state index in [2.05, 4.69) is 20.6 Å². The van der Waals surface area contributed by atoms with Crippen molar-refractivity contribution in [2.45, 2.75) is 6.61 Å². The second-order valence-corrected chi connectivity index (χ2v) is 5.56. The van der Waals surface area contributed by atoms with Gasteiger partial charge in [-0.3, -0.25) is 0 Å². The summed E-state index contributed by atoms with van der Waals surface area (Å²) in [5.74, 6) is 1.54. The summed E-state index contributed by atoms with van der Waals surface area (Å²) in [6.07, 6.45) is 0. The first-order valence-electron chi connectivity index (χ1n) is 6.57. The molecule has 0 saturated heterocycles. The molecule has 2 aromatic heterocycles. The minimum Gasteiger partial charge on any atom is -0.489 e. The average Bonchev–Trinajstić information content (AvgIpc) is 3.09. The Bertz CT molecular complexity index is 797. The van der Waals surface area contributed by atoms with E-state index in [1.807, 2.05) is 18.2 Å². The Kier molecular flexibility index (Phi) is 2.97. The van der Waals surface area contributed by atoms with Crippen molar-refractivity contribution < 1.29 is 9.47 Å². The van der Waals surface area contributed by atoms with Gasteiger partial charge in [0.1, 0.15) is 13.2 Å². The standard InChI is InChI=1S/C13H13N5O2S/c1-19-7-10-15-16-13-18(10)17-12(21-13)8-3-2-4-9-11(8)20-6-5-14-9/h2-4,14H,5-7H2,1H3. The molecule has 1 aromatic carbocycles. The van der Waals surface area contributed by atoms with Crippen LogP contribution in [0.4, 0.5) is 5.69 Å². The zero-order chi connectivity index (χ0) is 14.2. The fraction of sp³-hybridized carbons (Fsp3) is 0.308. The van der Waals surface area contributed by atoms with E-state index in [1.54, 1.807) is 11.6 Å². The summed E-state index contributed by atoms with van der Waals surface area (Å²) < 4.78 is 12.6. The molecule has 4 rings (SSSR count). The Morgan fingerprint density at radius 1 is 1.43 bits per heavy atom. The molecule has 0 unspecified atom stereocenters. The summed E-state index contributed by atoms with van der Waals surface area (Å²) in [4.78, 5) is 0.749. The number of aromatic nitrogens is 4. The third-order valence-electron chi connectivity index (χ3n) is 3.24. The van der Waals surface area contributed by atoms with Gasteiger partial charge in [0.2, 0.25) is 4.96 Å². The second-order valence-electron chi connectivity index (χ2n) is 4.61. The summed E-state index contributed by atoms with van der Waals surface area (Å²) in [6, 6.07) is 6.01. The lowest BCUT2D eigenvalue weighted by atomic mass is 10.1. The Morgan fingerprint density at radius 3 is 3.29 bits per heavy atom. The monoisotopic (exact) mass is 303 g/mol. The quantitative estimate of drug-likeness (QED) is 0.795. The van der Waals surface area contributed by atoms with E-state index in [-0.39, 0.29) is 0 Å². The molecule has 0 atom stereocenters. The molecule has 1 aliphatic heterocycles. The Morgan fingerprint density at radius 2 is 2.38 bits per heavy atom. The Balaban J connectivity index is 1.83. The number of hydrogen-bond acceptors (Lipinski definition) is 7. The molecule has 7 nitrogen and oxygen atoms in total. The van der Waals surface area contributed by atoms with Gasteiger partial charge in [0.25, 0.3) is 0 Å². The summed E-state index contributed by atoms with van der Waals surface area (Å²) in [5, 5.41) is 17.0. The highest BCUT2D eigenvalue weighted by Crippen LogP contribution is 2.39. The lowest BCUT2D eigenvalue weighted by Crippen LogP contribution is -2.18. The van der Waals surface area contributed by atoms with Crippen LogP contribution in [-0.2, 0) is 11.3 Å². The normalized spacial score (nSPS) is 13.8. The summed E-state index contributed by atoms with van der Waals surface area (Å²) in [5.41, 5.74) is 1.97. The third-order valence-corrected chi connectivity index (χ3v) is 4.17. The zero-order valence-electron chi connectivity index (χ0n) is 11.4. The molecule has 1 aliphatic rings. The van der Waals surface area contributed by atoms with E-state index in [1.165, 1.54) is 11.3 Å². The van der Waals surface area contributed by atoms with E-state index in [0.717, 1.165) is 33.5 Å². The maximum atomic E-state index is 5.79. The maximum absolute atomic E-state index is 5.79. The largest absolute Gasteiger partial charge is 0.489 e. The first kappa shape index (κ1) is 12.5. The summed E-state index contributed by atoms with van der Waals surface area (Å²) >= 11 is 1.48. The van der Waals surface area contributed by atoms with E-state index in [9.17, 15) is 0 Å². The van der Waals surface area contributed by atoms with Crippen molar-refractivity contribution in [2.75, 3.05) is 25.6 Å². The van der Waals surface area contributed by atoms with Gasteiger partial charge < -0.3 is 14.8 Å². The zero-order valence-corrected chi connectivity index (χ0v) is 12.2. The first-order valence-corrected chi connectivity index (χ1v) is 7.38. The van der Waals surface area contributed by atoms with Gasteiger partial charge in [0, 0.05) is 13.7 Å². The SMILES string of the molecule is COCc1nnc2sc(-c3cccc4c3OCCN4)nn12. The highest BCUT2D eigenvalue weighted by Gasteiger charge is 2.19. The summed E-state index contributed by atoms with van der Waals surface area (Å²) in [7, 11) is 1.63. The van der Waals surface area contributed by atoms with Gasteiger partial charge in [0.05, 0.1) is 11.3 Å². The van der Waals surface area contributed by atoms with Crippen molar-refractivity contribution in [1.29, 1.82) is 0 Å². The number of hydrogen-bond donors (Lipinski definition) is 1. The molecule has 0 spiro atoms. The molecule has 0 saturated carbocycles. The van der Waals surface area contributed by atoms with Crippen LogP contribution in [0, 0.1) is 0 Å². The van der Waals surface area contributed by atoms with Gasteiger partial charge >= 0.3 is 0 Å². The fourth-order valence-electron chi connectivity index (χ4n) is 2.32. The minimum absolute atomic E-state index is 0.384. The molecule has 3 aromatic rings. The lowest BCUT2D eigenvalue weighted by molar-refractivity contribution is 0.176. The molecular weight excluding hydrogens is 290 g/mol. The Hall–Kier alpha value is -2.19. The van der Waals surface area contributed by atoms with Crippen molar-refractivity contribution in [3.05, 3.63) is 24.0 Å². The molecule has 0 radical (unpaired) electrons. The van der Waals surface area contributed by atoms with Gasteiger partial charge in [-0.15, -0.1) is 10.2 Å². The Labute approximate surface area is 124 Å². The van der Waals surface area contributed by atoms with Gasteiger partial charge in [-0.2, -0.15) is 9.61 Å². The second kappa shape index (κ2) is 4.97. The van der Waals surface area contributed by atoms with Crippen molar-refractivity contribution in [1.82, 2.24) is 19.8 Å². The van der Waals surface area contributed by atoms with Crippen LogP contribution in [0.15, 0.2) is 18.2 Å². The van der Waals surface area contributed by atoms with Crippen LogP contribution in [0.1, 0.15) is 5.82 Å². The van der Waals surface area contributed by atoms with Crippen LogP contribution in [-0.4, -0.2) is 40.1 Å². The number of methoxy groups -OCH3 is 1. The van der Waals surface area contributed by atoms with Gasteiger partial charge in [0.15, 0.2) is 16.6 Å². The van der Waals surface area contributed by atoms with E-state index in [0.29, 0.717) is 19.0 Å². The average molecular weight is 303 g/mol. The lowest BCUT2D eigenvalue weighted by Gasteiger charge is -2.20. The predicted molar refractivity (Wildman–Crippen MR) is 78.8 cm³/mol. The van der Waals surface area contributed by atoms with Crippen LogP contribution < -0.4 is 10.1 Å². The number of rotatable bonds is 3. The molecule has 1 N–H and O–H groups in total. The number of benzene rings is 1. The molecule has 108 valence electrons. The highest BCUT2D eigenvalue weighted by atomic mass is 32.1. The smallest absolute Gasteiger partial charge is 0.235 e. The van der Waals surface area contributed by atoms with Gasteiger partial charge in [-0.1, -0.05) is 17.4 Å². The van der Waals surface area contributed by atoms with Crippen LogP contribution in [0.3, 0.4) is 0 Å². The van der Waals surface area contributed by atoms with Gasteiger partial charge in [-0.25, -0.2) is 0 Å². The molecule has 0 bridgehead atoms. The topological polar surface area (TPSA) is 73.6 Å². The molecule has 0 amide bonds. The molecule has 21 heavy (non-hydrogen) atoms. The highest BCUT2D eigenvalue weighted by molar-refractivity contribution is 7.19. The molecule has 0 aliphatic carbocycles. The number of nitrogens with zero attached hydrogens (tertiary/aromatic N) is 4. The van der Waals surface area contributed by atoms with Crippen molar-refractivity contribution in [2.24, 2.45) is 0 Å². The molecule has 0 fully saturated rings. The van der Waals surface area contributed by atoms with Crippen molar-refractivity contribution >= 4 is 22.0 Å². The molecule has 3 heterocycles. The maximum Gasteiger partial charge on any atom is 0.235 e. The predicted octanol–water partition coefficient (Wildman–Crippen LogP) is 1.80. The van der Waals surface area contributed by atoms with Crippen molar-refractivity contribution in [3.8, 4) is 16.3 Å². The number of anilines is 1. The van der Waals surface area contributed by atoms with Crippen LogP contribution in [0.2, 0.25) is 0 Å². The summed E-state index contributed by atoms with van der Waals surface area (Å²) in [6.45, 7) is 1.86. The van der Waals surface area contributed by atoms with E-state index in [4.69, 9.17) is 9.47 Å². The van der Waals surface area contributed by atoms with Crippen LogP contribution in [0.5, 0.6) is 5.75 Å². The minimum atomic E-state index is 0.384. The first-order chi connectivity index (χ1) is 10.4. The van der Waals surface area contributed by atoms with Gasteiger partial charge in [-0.05, 0) is 12.1 Å². The van der Waals surface area contributed by atoms with Crippen molar-refractivity contribution in [3.63, 3.8) is 0 Å². The fourth-order valence-corrected chi connectivity index (χ4v) is 3.20. The third kappa shape index (κ3) is 2.03. The van der Waals surface area contributed by atoms with Crippen LogP contribution >= 0.6 is 11.3 Å². The number of fused-ring (bicyclic) bond motifs is 2. The molecular formula is C13H13N5O2S. The van der Waals surface area contributed by atoms with E-state index >= 15 is 0 Å². The van der Waals surface area contributed by atoms with E-state index < -0.39 is 0 Å².